The lowest BCUT2D eigenvalue weighted by Gasteiger charge is -2.02. The third-order valence-corrected chi connectivity index (χ3v) is 3.46. The molecule has 0 bridgehead atoms. The fourth-order valence-electron chi connectivity index (χ4n) is 2.10. The molecule has 5 nitrogen and oxygen atoms in total. The number of anilines is 1. The topological polar surface area (TPSA) is 68.0 Å². The first-order chi connectivity index (χ1) is 11.2. The average Bonchev–Trinajstić information content (AvgIpc) is 3.02. The predicted octanol–water partition coefficient (Wildman–Crippen LogP) is 3.96. The molecule has 0 spiro atoms. The number of rotatable bonds is 5. The smallest absolute Gasteiger partial charge is 0.322 e. The van der Waals surface area contributed by atoms with Crippen molar-refractivity contribution in [2.24, 2.45) is 0 Å². The number of nitrogens with zero attached hydrogens (tertiary/aromatic N) is 2. The van der Waals surface area contributed by atoms with Gasteiger partial charge in [-0.05, 0) is 36.2 Å². The fraction of sp³-hybridized carbons (Fsp3) is 0.118. The van der Waals surface area contributed by atoms with Gasteiger partial charge in [0.25, 0.3) is 0 Å². The van der Waals surface area contributed by atoms with Crippen LogP contribution in [0.2, 0.25) is 5.02 Å². The summed E-state index contributed by atoms with van der Waals surface area (Å²) in [7, 11) is 0. The normalized spacial score (nSPS) is 10.5. The standard InChI is InChI=1S/C17H14ClN3O2/c18-14-8-4-5-12(11-14)9-10-15(22)19-17-21-20-16(23-17)13-6-2-1-3-7-13/h1-8,11H,9-10H2,(H,19,21,22). The Kier molecular flexibility index (Phi) is 4.68. The zero-order valence-electron chi connectivity index (χ0n) is 12.2. The van der Waals surface area contributed by atoms with Gasteiger partial charge in [0.1, 0.15) is 0 Å². The Morgan fingerprint density at radius 2 is 1.91 bits per heavy atom. The van der Waals surface area contributed by atoms with Gasteiger partial charge < -0.3 is 4.42 Å². The van der Waals surface area contributed by atoms with E-state index in [0.29, 0.717) is 23.8 Å². The first kappa shape index (κ1) is 15.2. The van der Waals surface area contributed by atoms with Crippen LogP contribution in [-0.4, -0.2) is 16.1 Å². The Bertz CT molecular complexity index is 802. The second-order valence-corrected chi connectivity index (χ2v) is 5.39. The van der Waals surface area contributed by atoms with Crippen molar-refractivity contribution in [1.29, 1.82) is 0 Å². The van der Waals surface area contributed by atoms with Crippen LogP contribution >= 0.6 is 11.6 Å². The number of hydrogen-bond donors (Lipinski definition) is 1. The fourth-order valence-corrected chi connectivity index (χ4v) is 2.32. The van der Waals surface area contributed by atoms with E-state index in [1.165, 1.54) is 0 Å². The van der Waals surface area contributed by atoms with E-state index in [2.05, 4.69) is 15.5 Å². The van der Waals surface area contributed by atoms with Crippen LogP contribution in [0.5, 0.6) is 0 Å². The summed E-state index contributed by atoms with van der Waals surface area (Å²) in [6.07, 6.45) is 0.898. The maximum absolute atomic E-state index is 11.9. The van der Waals surface area contributed by atoms with E-state index in [1.807, 2.05) is 48.5 Å². The third kappa shape index (κ3) is 4.17. The maximum atomic E-state index is 11.9. The van der Waals surface area contributed by atoms with Gasteiger partial charge in [0.05, 0.1) is 0 Å². The molecule has 1 amide bonds. The number of benzene rings is 2. The number of amides is 1. The van der Waals surface area contributed by atoms with Gasteiger partial charge in [0.2, 0.25) is 11.8 Å². The lowest BCUT2D eigenvalue weighted by molar-refractivity contribution is -0.116. The Morgan fingerprint density at radius 3 is 2.70 bits per heavy atom. The summed E-state index contributed by atoms with van der Waals surface area (Å²) in [6.45, 7) is 0. The van der Waals surface area contributed by atoms with Crippen LogP contribution in [0.3, 0.4) is 0 Å². The first-order valence-corrected chi connectivity index (χ1v) is 7.52. The number of carbonyl (C=O) groups is 1. The van der Waals surface area contributed by atoms with Crippen molar-refractivity contribution >= 4 is 23.5 Å². The number of hydrogen-bond acceptors (Lipinski definition) is 4. The maximum Gasteiger partial charge on any atom is 0.322 e. The molecule has 0 saturated heterocycles. The summed E-state index contributed by atoms with van der Waals surface area (Å²) in [5.41, 5.74) is 1.81. The first-order valence-electron chi connectivity index (χ1n) is 7.14. The molecule has 0 aliphatic heterocycles. The molecule has 1 heterocycles. The minimum Gasteiger partial charge on any atom is -0.403 e. The van der Waals surface area contributed by atoms with Gasteiger partial charge in [-0.3, -0.25) is 10.1 Å². The molecule has 0 aliphatic rings. The van der Waals surface area contributed by atoms with E-state index >= 15 is 0 Å². The van der Waals surface area contributed by atoms with Crippen molar-refractivity contribution in [2.45, 2.75) is 12.8 Å². The molecule has 3 rings (SSSR count). The van der Waals surface area contributed by atoms with Crippen molar-refractivity contribution in [3.8, 4) is 11.5 Å². The molecule has 0 aliphatic carbocycles. The quantitative estimate of drug-likeness (QED) is 0.770. The Labute approximate surface area is 138 Å². The van der Waals surface area contributed by atoms with Crippen LogP contribution in [0.4, 0.5) is 6.01 Å². The lowest BCUT2D eigenvalue weighted by Crippen LogP contribution is -2.12. The van der Waals surface area contributed by atoms with Gasteiger partial charge in [0.15, 0.2) is 0 Å². The average molecular weight is 328 g/mol. The number of halogens is 1. The number of carbonyl (C=O) groups excluding carboxylic acids is 1. The van der Waals surface area contributed by atoms with Gasteiger partial charge in [0, 0.05) is 17.0 Å². The minimum atomic E-state index is -0.187. The largest absolute Gasteiger partial charge is 0.403 e. The second-order valence-electron chi connectivity index (χ2n) is 4.96. The summed E-state index contributed by atoms with van der Waals surface area (Å²) in [4.78, 5) is 11.9. The van der Waals surface area contributed by atoms with E-state index in [9.17, 15) is 4.79 Å². The highest BCUT2D eigenvalue weighted by molar-refractivity contribution is 6.30. The molecule has 0 radical (unpaired) electrons. The summed E-state index contributed by atoms with van der Waals surface area (Å²) in [5, 5.41) is 11.0. The van der Waals surface area contributed by atoms with E-state index in [1.54, 1.807) is 6.07 Å². The SMILES string of the molecule is O=C(CCc1cccc(Cl)c1)Nc1nnc(-c2ccccc2)o1. The van der Waals surface area contributed by atoms with E-state index < -0.39 is 0 Å². The van der Waals surface area contributed by atoms with Crippen molar-refractivity contribution in [1.82, 2.24) is 10.2 Å². The van der Waals surface area contributed by atoms with Gasteiger partial charge in [-0.1, -0.05) is 47.0 Å². The van der Waals surface area contributed by atoms with E-state index in [-0.39, 0.29) is 11.9 Å². The molecule has 0 atom stereocenters. The van der Waals surface area contributed by atoms with Gasteiger partial charge in [-0.25, -0.2) is 0 Å². The molecule has 1 N–H and O–H groups in total. The van der Waals surface area contributed by atoms with Crippen LogP contribution in [-0.2, 0) is 11.2 Å². The predicted molar refractivity (Wildman–Crippen MR) is 88.1 cm³/mol. The Hall–Kier alpha value is -2.66. The lowest BCUT2D eigenvalue weighted by atomic mass is 10.1. The monoisotopic (exact) mass is 327 g/mol. The summed E-state index contributed by atoms with van der Waals surface area (Å²) < 4.78 is 5.44. The highest BCUT2D eigenvalue weighted by Crippen LogP contribution is 2.19. The molecule has 0 saturated carbocycles. The van der Waals surface area contributed by atoms with Gasteiger partial charge >= 0.3 is 6.01 Å². The van der Waals surface area contributed by atoms with Crippen LogP contribution in [0.1, 0.15) is 12.0 Å². The minimum absolute atomic E-state index is 0.0972. The Morgan fingerprint density at radius 1 is 1.09 bits per heavy atom. The van der Waals surface area contributed by atoms with E-state index in [4.69, 9.17) is 16.0 Å². The zero-order valence-corrected chi connectivity index (χ0v) is 13.0. The van der Waals surface area contributed by atoms with Crippen molar-refractivity contribution in [2.75, 3.05) is 5.32 Å². The van der Waals surface area contributed by atoms with Crippen molar-refractivity contribution < 1.29 is 9.21 Å². The molecule has 23 heavy (non-hydrogen) atoms. The molecular formula is C17H14ClN3O2. The van der Waals surface area contributed by atoms with Crippen molar-refractivity contribution in [3.63, 3.8) is 0 Å². The molecule has 3 aromatic rings. The van der Waals surface area contributed by atoms with Gasteiger partial charge in [-0.15, -0.1) is 5.10 Å². The summed E-state index contributed by atoms with van der Waals surface area (Å²) in [6, 6.07) is 16.9. The zero-order chi connectivity index (χ0) is 16.1. The van der Waals surface area contributed by atoms with Gasteiger partial charge in [-0.2, -0.15) is 0 Å². The summed E-state index contributed by atoms with van der Waals surface area (Å²) >= 11 is 5.92. The molecule has 116 valence electrons. The number of aromatic nitrogens is 2. The highest BCUT2D eigenvalue weighted by atomic mass is 35.5. The number of nitrogens with one attached hydrogen (secondary N) is 1. The summed E-state index contributed by atoms with van der Waals surface area (Å²) in [5.74, 6) is 0.184. The molecule has 1 aromatic heterocycles. The molecular weight excluding hydrogens is 314 g/mol. The van der Waals surface area contributed by atoms with Crippen LogP contribution in [0.15, 0.2) is 59.0 Å². The second kappa shape index (κ2) is 7.07. The number of aryl methyl sites for hydroxylation is 1. The molecule has 6 heteroatoms. The van der Waals surface area contributed by atoms with E-state index in [0.717, 1.165) is 11.1 Å². The molecule has 2 aromatic carbocycles. The van der Waals surface area contributed by atoms with Crippen molar-refractivity contribution in [3.05, 3.63) is 65.2 Å². The molecule has 0 unspecified atom stereocenters. The highest BCUT2D eigenvalue weighted by Gasteiger charge is 2.11. The van der Waals surface area contributed by atoms with Crippen LogP contribution in [0, 0.1) is 0 Å². The van der Waals surface area contributed by atoms with Crippen LogP contribution < -0.4 is 5.32 Å². The molecule has 0 fully saturated rings. The van der Waals surface area contributed by atoms with Crippen LogP contribution in [0.25, 0.3) is 11.5 Å². The Balaban J connectivity index is 1.57. The third-order valence-electron chi connectivity index (χ3n) is 3.22.